The van der Waals surface area contributed by atoms with E-state index in [1.807, 2.05) is 0 Å². The van der Waals surface area contributed by atoms with Crippen molar-refractivity contribution >= 4 is 30.6 Å². The lowest BCUT2D eigenvalue weighted by molar-refractivity contribution is 1.47. The molecule has 0 atom stereocenters. The van der Waals surface area contributed by atoms with E-state index < -0.39 is 8.07 Å². The Hall–Kier alpha value is -1.60. The summed E-state index contributed by atoms with van der Waals surface area (Å²) in [5.74, 6) is 0. The number of fused-ring (bicyclic) bond motifs is 2. The molecule has 0 saturated carbocycles. The summed E-state index contributed by atoms with van der Waals surface area (Å²) in [5, 5.41) is 3.13. The summed E-state index contributed by atoms with van der Waals surface area (Å²) in [5.41, 5.74) is 5.53. The largest absolute Gasteiger partial charge is 0.113 e. The van der Waals surface area contributed by atoms with E-state index in [2.05, 4.69) is 75.5 Å². The maximum absolute atomic E-state index is 2.47. The van der Waals surface area contributed by atoms with E-state index >= 15 is 0 Å². The highest BCUT2D eigenvalue weighted by Crippen LogP contribution is 2.19. The van der Waals surface area contributed by atoms with E-state index in [4.69, 9.17) is 0 Å². The van der Waals surface area contributed by atoms with Crippen molar-refractivity contribution in [3.63, 3.8) is 0 Å². The summed E-state index contributed by atoms with van der Waals surface area (Å²) >= 11 is 0. The average molecular weight is 264 g/mol. The van der Waals surface area contributed by atoms with Crippen LogP contribution in [-0.2, 0) is 0 Å². The first-order chi connectivity index (χ1) is 8.98. The molecule has 0 nitrogen and oxygen atoms in total. The topological polar surface area (TPSA) is 0 Å². The Morgan fingerprint density at radius 3 is 1.53 bits per heavy atom. The van der Waals surface area contributed by atoms with Crippen molar-refractivity contribution in [1.82, 2.24) is 0 Å². The van der Waals surface area contributed by atoms with E-state index in [1.54, 1.807) is 10.4 Å². The van der Waals surface area contributed by atoms with E-state index in [-0.39, 0.29) is 0 Å². The molecule has 1 aliphatic heterocycles. The minimum Gasteiger partial charge on any atom is -0.0616 e. The number of aryl methyl sites for hydroxylation is 2. The van der Waals surface area contributed by atoms with Gasteiger partial charge in [0.05, 0.1) is 0 Å². The zero-order chi connectivity index (χ0) is 13.6. The van der Waals surface area contributed by atoms with E-state index in [1.165, 1.54) is 22.3 Å². The maximum Gasteiger partial charge on any atom is 0.113 e. The standard InChI is InChI=1S/C18H20Si/c1-13-5-7-15-9-10-16-8-6-14(2)12-18(16)19(3,4)17(15)11-13/h5-12H,1-4H3. The lowest BCUT2D eigenvalue weighted by Crippen LogP contribution is -2.54. The Balaban J connectivity index is 2.34. The van der Waals surface area contributed by atoms with Crippen LogP contribution < -0.4 is 10.4 Å². The molecule has 3 rings (SSSR count). The molecule has 2 aromatic rings. The number of benzene rings is 2. The first-order valence-corrected chi connectivity index (χ1v) is 9.89. The van der Waals surface area contributed by atoms with Gasteiger partial charge >= 0.3 is 0 Å². The predicted octanol–water partition coefficient (Wildman–Crippen LogP) is 3.61. The number of hydrogen-bond donors (Lipinski definition) is 0. The van der Waals surface area contributed by atoms with Crippen molar-refractivity contribution in [3.8, 4) is 0 Å². The zero-order valence-corrected chi connectivity index (χ0v) is 13.1. The zero-order valence-electron chi connectivity index (χ0n) is 12.1. The Bertz CT molecular complexity index is 621. The molecule has 0 amide bonds. The van der Waals surface area contributed by atoms with Gasteiger partial charge in [-0.05, 0) is 35.3 Å². The second-order valence-corrected chi connectivity index (χ2v) is 10.5. The van der Waals surface area contributed by atoms with Crippen LogP contribution in [-0.4, -0.2) is 8.07 Å². The molecule has 0 fully saturated rings. The van der Waals surface area contributed by atoms with Crippen molar-refractivity contribution < 1.29 is 0 Å². The lowest BCUT2D eigenvalue weighted by Gasteiger charge is -2.26. The highest BCUT2D eigenvalue weighted by atomic mass is 28.3. The number of hydrogen-bond acceptors (Lipinski definition) is 0. The van der Waals surface area contributed by atoms with Crippen molar-refractivity contribution in [2.24, 2.45) is 0 Å². The molecule has 0 aliphatic carbocycles. The normalized spacial score (nSPS) is 15.6. The maximum atomic E-state index is 2.47. The van der Waals surface area contributed by atoms with Crippen LogP contribution in [0.25, 0.3) is 12.2 Å². The van der Waals surface area contributed by atoms with Gasteiger partial charge in [0.2, 0.25) is 0 Å². The second kappa shape index (κ2) is 4.21. The summed E-state index contributed by atoms with van der Waals surface area (Å²) in [6.07, 6.45) is 4.56. The van der Waals surface area contributed by atoms with Gasteiger partial charge in [-0.25, -0.2) is 0 Å². The summed E-state index contributed by atoms with van der Waals surface area (Å²) in [6, 6.07) is 13.8. The third kappa shape index (κ3) is 1.98. The van der Waals surface area contributed by atoms with Crippen LogP contribution in [0.4, 0.5) is 0 Å². The summed E-state index contributed by atoms with van der Waals surface area (Å²) < 4.78 is 0. The molecule has 0 radical (unpaired) electrons. The van der Waals surface area contributed by atoms with Crippen molar-refractivity contribution in [2.75, 3.05) is 0 Å². The molecular weight excluding hydrogens is 244 g/mol. The van der Waals surface area contributed by atoms with Crippen molar-refractivity contribution in [2.45, 2.75) is 26.9 Å². The van der Waals surface area contributed by atoms with Crippen molar-refractivity contribution in [3.05, 3.63) is 58.7 Å². The summed E-state index contributed by atoms with van der Waals surface area (Å²) in [7, 11) is -1.61. The van der Waals surface area contributed by atoms with Crippen LogP contribution in [0.5, 0.6) is 0 Å². The fourth-order valence-electron chi connectivity index (χ4n) is 3.04. The van der Waals surface area contributed by atoms with Crippen LogP contribution in [0.15, 0.2) is 36.4 Å². The van der Waals surface area contributed by atoms with Crippen LogP contribution in [0, 0.1) is 13.8 Å². The molecule has 0 unspecified atom stereocenters. The highest BCUT2D eigenvalue weighted by molar-refractivity contribution is 7.01. The van der Waals surface area contributed by atoms with Gasteiger partial charge in [0.15, 0.2) is 0 Å². The van der Waals surface area contributed by atoms with Gasteiger partial charge in [-0.2, -0.15) is 0 Å². The number of rotatable bonds is 0. The Morgan fingerprint density at radius 1 is 0.684 bits per heavy atom. The minimum atomic E-state index is -1.61. The van der Waals surface area contributed by atoms with Crippen molar-refractivity contribution in [1.29, 1.82) is 0 Å². The molecule has 0 spiro atoms. The Kier molecular flexibility index (Phi) is 2.75. The predicted molar refractivity (Wildman–Crippen MR) is 88.0 cm³/mol. The Morgan fingerprint density at radius 2 is 1.11 bits per heavy atom. The van der Waals surface area contributed by atoms with Gasteiger partial charge in [0.1, 0.15) is 8.07 Å². The van der Waals surface area contributed by atoms with Crippen LogP contribution in [0.1, 0.15) is 22.3 Å². The van der Waals surface area contributed by atoms with Gasteiger partial charge in [0.25, 0.3) is 0 Å². The van der Waals surface area contributed by atoms with Gasteiger partial charge in [-0.1, -0.05) is 72.8 Å². The first-order valence-electron chi connectivity index (χ1n) is 6.89. The third-order valence-corrected chi connectivity index (χ3v) is 7.77. The van der Waals surface area contributed by atoms with E-state index in [0.29, 0.717) is 0 Å². The van der Waals surface area contributed by atoms with E-state index in [9.17, 15) is 0 Å². The monoisotopic (exact) mass is 264 g/mol. The van der Waals surface area contributed by atoms with Gasteiger partial charge in [-0.15, -0.1) is 0 Å². The minimum absolute atomic E-state index is 1.36. The molecule has 0 saturated heterocycles. The smallest absolute Gasteiger partial charge is 0.0616 e. The molecule has 1 aliphatic rings. The third-order valence-electron chi connectivity index (χ3n) is 4.21. The quantitative estimate of drug-likeness (QED) is 0.638. The SMILES string of the molecule is Cc1ccc2c(c1)[Si](C)(C)c1cc(C)ccc1C=C2. The first kappa shape index (κ1) is 12.4. The molecule has 0 aromatic heterocycles. The average Bonchev–Trinajstić information content (AvgIpc) is 2.47. The van der Waals surface area contributed by atoms with Crippen LogP contribution in [0.3, 0.4) is 0 Å². The Labute approximate surface area is 116 Å². The summed E-state index contributed by atoms with van der Waals surface area (Å²) in [4.78, 5) is 0. The van der Waals surface area contributed by atoms with Gasteiger partial charge in [0, 0.05) is 0 Å². The molecule has 0 bridgehead atoms. The molecule has 2 aromatic carbocycles. The fraction of sp³-hybridized carbons (Fsp3) is 0.222. The highest BCUT2D eigenvalue weighted by Gasteiger charge is 2.31. The van der Waals surface area contributed by atoms with E-state index in [0.717, 1.165) is 0 Å². The molecule has 19 heavy (non-hydrogen) atoms. The lowest BCUT2D eigenvalue weighted by atomic mass is 10.1. The van der Waals surface area contributed by atoms with Gasteiger partial charge in [-0.3, -0.25) is 0 Å². The van der Waals surface area contributed by atoms with Gasteiger partial charge < -0.3 is 0 Å². The fourth-order valence-corrected chi connectivity index (χ4v) is 6.28. The molecular formula is C18H20Si. The molecule has 1 heteroatoms. The molecule has 1 heterocycles. The summed E-state index contributed by atoms with van der Waals surface area (Å²) in [6.45, 7) is 9.32. The molecule has 0 N–H and O–H groups in total. The van der Waals surface area contributed by atoms with Crippen LogP contribution >= 0.6 is 0 Å². The van der Waals surface area contributed by atoms with Crippen LogP contribution in [0.2, 0.25) is 13.1 Å². The second-order valence-electron chi connectivity index (χ2n) is 6.14. The molecule has 96 valence electrons.